The lowest BCUT2D eigenvalue weighted by atomic mass is 10.2. The van der Waals surface area contributed by atoms with Crippen LogP contribution in [-0.2, 0) is 11.4 Å². The zero-order valence-electron chi connectivity index (χ0n) is 15.3. The van der Waals surface area contributed by atoms with Crippen molar-refractivity contribution in [2.24, 2.45) is 5.10 Å². The summed E-state index contributed by atoms with van der Waals surface area (Å²) in [6, 6.07) is 22.1. The number of hydrogen-bond acceptors (Lipinski definition) is 4. The number of rotatable bonds is 8. The molecule has 3 aromatic carbocycles. The van der Waals surface area contributed by atoms with E-state index in [0.29, 0.717) is 28.2 Å². The molecule has 3 rings (SSSR count). The first-order valence-corrected chi connectivity index (χ1v) is 9.53. The highest BCUT2D eigenvalue weighted by Crippen LogP contribution is 2.27. The van der Waals surface area contributed by atoms with Gasteiger partial charge in [0.2, 0.25) is 0 Å². The van der Waals surface area contributed by atoms with Crippen molar-refractivity contribution in [1.29, 1.82) is 0 Å². The molecule has 0 aliphatic heterocycles. The number of nitrogens with one attached hydrogen (secondary N) is 1. The predicted octanol–water partition coefficient (Wildman–Crippen LogP) is 5.10. The predicted molar refractivity (Wildman–Crippen MR) is 115 cm³/mol. The lowest BCUT2D eigenvalue weighted by molar-refractivity contribution is -0.123. The fourth-order valence-corrected chi connectivity index (χ4v) is 2.86. The summed E-state index contributed by atoms with van der Waals surface area (Å²) in [6.45, 7) is 0.207. The Balaban J connectivity index is 1.52. The number of halogens is 2. The van der Waals surface area contributed by atoms with Crippen LogP contribution in [0.15, 0.2) is 77.9 Å². The summed E-state index contributed by atoms with van der Waals surface area (Å²) in [5.74, 6) is 0.614. The average molecular weight is 429 g/mol. The van der Waals surface area contributed by atoms with Crippen LogP contribution in [0, 0.1) is 0 Å². The van der Waals surface area contributed by atoms with Gasteiger partial charge in [-0.2, -0.15) is 5.10 Å². The molecule has 3 aromatic rings. The van der Waals surface area contributed by atoms with Crippen LogP contribution >= 0.6 is 23.2 Å². The van der Waals surface area contributed by atoms with E-state index in [1.54, 1.807) is 18.2 Å². The summed E-state index contributed by atoms with van der Waals surface area (Å²) >= 11 is 11.8. The first-order valence-electron chi connectivity index (χ1n) is 8.77. The Labute approximate surface area is 178 Å². The molecule has 0 aromatic heterocycles. The van der Waals surface area contributed by atoms with Gasteiger partial charge in [0.05, 0.1) is 11.2 Å². The summed E-state index contributed by atoms with van der Waals surface area (Å²) in [4.78, 5) is 11.9. The molecule has 1 N–H and O–H groups in total. The average Bonchev–Trinajstić information content (AvgIpc) is 2.73. The Hall–Kier alpha value is -3.02. The van der Waals surface area contributed by atoms with E-state index in [9.17, 15) is 4.79 Å². The molecule has 0 atom stereocenters. The van der Waals surface area contributed by atoms with Gasteiger partial charge in [-0.3, -0.25) is 4.79 Å². The topological polar surface area (TPSA) is 59.9 Å². The SMILES string of the molecule is O=C(COc1ccc(Cl)cc1Cl)NN=Cc1ccccc1OCc1ccccc1. The highest BCUT2D eigenvalue weighted by atomic mass is 35.5. The van der Waals surface area contributed by atoms with Crippen LogP contribution in [0.3, 0.4) is 0 Å². The van der Waals surface area contributed by atoms with Crippen molar-refractivity contribution in [2.75, 3.05) is 6.61 Å². The van der Waals surface area contributed by atoms with Gasteiger partial charge in [-0.1, -0.05) is 65.7 Å². The second kappa shape index (κ2) is 10.5. The van der Waals surface area contributed by atoms with Crippen molar-refractivity contribution in [3.8, 4) is 11.5 Å². The van der Waals surface area contributed by atoms with E-state index in [1.165, 1.54) is 6.21 Å². The quantitative estimate of drug-likeness (QED) is 0.400. The fraction of sp³-hybridized carbons (Fsp3) is 0.0909. The van der Waals surface area contributed by atoms with Crippen molar-refractivity contribution in [3.05, 3.63) is 94.0 Å². The molecule has 0 spiro atoms. The Morgan fingerprint density at radius 3 is 2.48 bits per heavy atom. The monoisotopic (exact) mass is 428 g/mol. The van der Waals surface area contributed by atoms with Crippen molar-refractivity contribution in [2.45, 2.75) is 6.61 Å². The summed E-state index contributed by atoms with van der Waals surface area (Å²) in [5, 5.41) is 4.79. The van der Waals surface area contributed by atoms with Gasteiger partial charge in [0, 0.05) is 10.6 Å². The number of hydrogen-bond donors (Lipinski definition) is 1. The summed E-state index contributed by atoms with van der Waals surface area (Å²) in [5.41, 5.74) is 4.22. The van der Waals surface area contributed by atoms with E-state index >= 15 is 0 Å². The summed E-state index contributed by atoms with van der Waals surface area (Å²) in [7, 11) is 0. The maximum absolute atomic E-state index is 11.9. The zero-order chi connectivity index (χ0) is 20.5. The smallest absolute Gasteiger partial charge is 0.277 e. The number of carbonyl (C=O) groups is 1. The van der Waals surface area contributed by atoms with Crippen molar-refractivity contribution in [3.63, 3.8) is 0 Å². The van der Waals surface area contributed by atoms with E-state index < -0.39 is 5.91 Å². The fourth-order valence-electron chi connectivity index (χ4n) is 2.40. The third kappa shape index (κ3) is 6.52. The number of para-hydroxylation sites is 1. The molecule has 0 heterocycles. The molecule has 0 saturated heterocycles. The van der Waals surface area contributed by atoms with E-state index in [4.69, 9.17) is 32.7 Å². The largest absolute Gasteiger partial charge is 0.488 e. The Kier molecular flexibility index (Phi) is 7.50. The number of hydrazone groups is 1. The van der Waals surface area contributed by atoms with Crippen LogP contribution in [0.5, 0.6) is 11.5 Å². The number of nitrogens with zero attached hydrogens (tertiary/aromatic N) is 1. The minimum atomic E-state index is -0.421. The molecule has 148 valence electrons. The van der Waals surface area contributed by atoms with E-state index in [2.05, 4.69) is 10.5 Å². The van der Waals surface area contributed by atoms with Gasteiger partial charge in [-0.05, 0) is 35.9 Å². The minimum Gasteiger partial charge on any atom is -0.488 e. The van der Waals surface area contributed by atoms with Crippen LogP contribution in [0.25, 0.3) is 0 Å². The van der Waals surface area contributed by atoms with Crippen LogP contribution in [0.2, 0.25) is 10.0 Å². The van der Waals surface area contributed by atoms with Crippen molar-refractivity contribution < 1.29 is 14.3 Å². The number of ether oxygens (including phenoxy) is 2. The van der Waals surface area contributed by atoms with Crippen LogP contribution in [0.1, 0.15) is 11.1 Å². The van der Waals surface area contributed by atoms with Crippen molar-refractivity contribution in [1.82, 2.24) is 5.43 Å². The molecule has 5 nitrogen and oxygen atoms in total. The first-order chi connectivity index (χ1) is 14.1. The maximum Gasteiger partial charge on any atom is 0.277 e. The van der Waals surface area contributed by atoms with E-state index in [-0.39, 0.29) is 6.61 Å². The van der Waals surface area contributed by atoms with Crippen LogP contribution in [-0.4, -0.2) is 18.7 Å². The Morgan fingerprint density at radius 1 is 0.931 bits per heavy atom. The molecule has 29 heavy (non-hydrogen) atoms. The summed E-state index contributed by atoms with van der Waals surface area (Å²) < 4.78 is 11.2. The molecule has 0 aliphatic rings. The highest BCUT2D eigenvalue weighted by Gasteiger charge is 2.06. The van der Waals surface area contributed by atoms with E-state index in [1.807, 2.05) is 54.6 Å². The molecule has 0 saturated carbocycles. The minimum absolute atomic E-state index is 0.231. The van der Waals surface area contributed by atoms with Crippen LogP contribution in [0.4, 0.5) is 0 Å². The zero-order valence-corrected chi connectivity index (χ0v) is 16.9. The molecule has 7 heteroatoms. The Morgan fingerprint density at radius 2 is 1.69 bits per heavy atom. The summed E-state index contributed by atoms with van der Waals surface area (Å²) in [6.07, 6.45) is 1.52. The Bertz CT molecular complexity index is 994. The molecule has 0 aliphatic carbocycles. The van der Waals surface area contributed by atoms with Gasteiger partial charge in [0.1, 0.15) is 18.1 Å². The molecule has 1 amide bonds. The third-order valence-corrected chi connectivity index (χ3v) is 4.33. The number of benzene rings is 3. The normalized spacial score (nSPS) is 10.7. The van der Waals surface area contributed by atoms with Gasteiger partial charge in [0.15, 0.2) is 6.61 Å². The van der Waals surface area contributed by atoms with Crippen LogP contribution < -0.4 is 14.9 Å². The lowest BCUT2D eigenvalue weighted by Crippen LogP contribution is -2.24. The van der Waals surface area contributed by atoms with Gasteiger partial charge in [-0.15, -0.1) is 0 Å². The maximum atomic E-state index is 11.9. The molecule has 0 unspecified atom stereocenters. The van der Waals surface area contributed by atoms with Gasteiger partial charge in [0.25, 0.3) is 5.91 Å². The molecular formula is C22H18Cl2N2O3. The molecule has 0 bridgehead atoms. The number of carbonyl (C=O) groups excluding carboxylic acids is 1. The highest BCUT2D eigenvalue weighted by molar-refractivity contribution is 6.35. The third-order valence-electron chi connectivity index (χ3n) is 3.80. The lowest BCUT2D eigenvalue weighted by Gasteiger charge is -2.09. The van der Waals surface area contributed by atoms with Crippen molar-refractivity contribution >= 4 is 35.3 Å². The number of amides is 1. The molecular weight excluding hydrogens is 411 g/mol. The molecule has 0 fully saturated rings. The standard InChI is InChI=1S/C22H18Cl2N2O3/c23-18-10-11-21(19(24)12-18)29-15-22(27)26-25-13-17-8-4-5-9-20(17)28-14-16-6-2-1-3-7-16/h1-13H,14-15H2,(H,26,27). The second-order valence-electron chi connectivity index (χ2n) is 5.97. The van der Waals surface area contributed by atoms with Gasteiger partial charge >= 0.3 is 0 Å². The van der Waals surface area contributed by atoms with Gasteiger partial charge in [-0.25, -0.2) is 5.43 Å². The first kappa shape index (κ1) is 20.7. The molecule has 0 radical (unpaired) electrons. The van der Waals surface area contributed by atoms with Gasteiger partial charge < -0.3 is 9.47 Å². The van der Waals surface area contributed by atoms with E-state index in [0.717, 1.165) is 11.1 Å². The second-order valence-corrected chi connectivity index (χ2v) is 6.81.